The van der Waals surface area contributed by atoms with E-state index in [9.17, 15) is 4.79 Å². The number of aromatic nitrogens is 3. The summed E-state index contributed by atoms with van der Waals surface area (Å²) in [7, 11) is 0. The summed E-state index contributed by atoms with van der Waals surface area (Å²) in [4.78, 5) is 16.3. The fourth-order valence-electron chi connectivity index (χ4n) is 2.72. The van der Waals surface area contributed by atoms with Gasteiger partial charge in [0.1, 0.15) is 17.6 Å². The molecule has 0 aliphatic carbocycles. The second-order valence-corrected chi connectivity index (χ2v) is 5.50. The lowest BCUT2D eigenvalue weighted by molar-refractivity contribution is -0.115. The monoisotopic (exact) mass is 317 g/mol. The Labute approximate surface area is 133 Å². The van der Waals surface area contributed by atoms with Gasteiger partial charge in [0.15, 0.2) is 5.82 Å². The van der Waals surface area contributed by atoms with E-state index in [1.54, 1.807) is 17.7 Å². The first-order valence-corrected chi connectivity index (χ1v) is 7.41. The van der Waals surface area contributed by atoms with Crippen LogP contribution in [-0.2, 0) is 11.2 Å². The highest BCUT2D eigenvalue weighted by Crippen LogP contribution is 2.35. The molecule has 2 aromatic heterocycles. The minimum Gasteiger partial charge on any atom is -0.464 e. The number of nitrogens with zero attached hydrogens (tertiary/aromatic N) is 3. The summed E-state index contributed by atoms with van der Waals surface area (Å²) in [5.74, 6) is 1.90. The van der Waals surface area contributed by atoms with Crippen molar-refractivity contribution in [2.75, 3.05) is 11.9 Å². The molecule has 3 heterocycles. The number of carbonyl (C=O) groups excluding carboxylic acids is 1. The minimum absolute atomic E-state index is 0.0714. The Bertz CT molecular complexity index is 774. The SMILES string of the molecule is CC1=C(C(N)=O)C(c2ccc(C)o2)n2nc(CCCO)nc2N1. The van der Waals surface area contributed by atoms with Crippen LogP contribution in [0.2, 0.25) is 0 Å². The van der Waals surface area contributed by atoms with E-state index in [0.29, 0.717) is 41.6 Å². The molecule has 0 radical (unpaired) electrons. The van der Waals surface area contributed by atoms with Gasteiger partial charge in [-0.25, -0.2) is 4.68 Å². The lowest BCUT2D eigenvalue weighted by atomic mass is 10.0. The highest BCUT2D eigenvalue weighted by atomic mass is 16.3. The van der Waals surface area contributed by atoms with Crippen LogP contribution < -0.4 is 11.1 Å². The summed E-state index contributed by atoms with van der Waals surface area (Å²) in [5.41, 5.74) is 6.59. The van der Waals surface area contributed by atoms with Crippen LogP contribution in [0.1, 0.15) is 36.7 Å². The van der Waals surface area contributed by atoms with Crippen molar-refractivity contribution in [2.45, 2.75) is 32.7 Å². The number of fused-ring (bicyclic) bond motifs is 1. The number of primary amides is 1. The summed E-state index contributed by atoms with van der Waals surface area (Å²) in [5, 5.41) is 16.5. The van der Waals surface area contributed by atoms with Crippen LogP contribution in [0, 0.1) is 6.92 Å². The Morgan fingerprint density at radius 1 is 1.48 bits per heavy atom. The number of aliphatic hydroxyl groups is 1. The number of nitrogens with two attached hydrogens (primary N) is 1. The molecule has 0 saturated carbocycles. The molecule has 23 heavy (non-hydrogen) atoms. The average Bonchev–Trinajstić information content (AvgIpc) is 3.09. The highest BCUT2D eigenvalue weighted by molar-refractivity contribution is 5.95. The molecule has 1 unspecified atom stereocenters. The molecule has 0 aromatic carbocycles. The van der Waals surface area contributed by atoms with Crippen molar-refractivity contribution in [1.82, 2.24) is 14.8 Å². The van der Waals surface area contributed by atoms with Crippen LogP contribution >= 0.6 is 0 Å². The van der Waals surface area contributed by atoms with Gasteiger partial charge in [-0.2, -0.15) is 10.1 Å². The first kappa shape index (κ1) is 15.3. The van der Waals surface area contributed by atoms with Crippen LogP contribution in [0.3, 0.4) is 0 Å². The molecule has 0 spiro atoms. The smallest absolute Gasteiger partial charge is 0.249 e. The van der Waals surface area contributed by atoms with E-state index >= 15 is 0 Å². The normalized spacial score (nSPS) is 17.1. The van der Waals surface area contributed by atoms with E-state index in [4.69, 9.17) is 15.3 Å². The molecule has 0 bridgehead atoms. The Morgan fingerprint density at radius 2 is 2.26 bits per heavy atom. The molecule has 0 saturated heterocycles. The lowest BCUT2D eigenvalue weighted by Gasteiger charge is -2.25. The lowest BCUT2D eigenvalue weighted by Crippen LogP contribution is -2.31. The van der Waals surface area contributed by atoms with E-state index in [-0.39, 0.29) is 6.61 Å². The van der Waals surface area contributed by atoms with Crippen LogP contribution in [0.4, 0.5) is 5.95 Å². The molecule has 1 aliphatic heterocycles. The molecule has 8 heteroatoms. The Morgan fingerprint density at radius 3 is 2.87 bits per heavy atom. The van der Waals surface area contributed by atoms with E-state index in [0.717, 1.165) is 5.76 Å². The minimum atomic E-state index is -0.548. The van der Waals surface area contributed by atoms with E-state index in [2.05, 4.69) is 15.4 Å². The molecule has 8 nitrogen and oxygen atoms in total. The number of aliphatic hydroxyl groups excluding tert-OH is 1. The molecule has 2 aromatic rings. The van der Waals surface area contributed by atoms with Crippen LogP contribution in [0.5, 0.6) is 0 Å². The standard InChI is InChI=1S/C15H19N5O3/c1-8-5-6-10(23-8)13-12(14(16)22)9(2)17-15-18-11(4-3-7-21)19-20(13)15/h5-6,13,21H,3-4,7H2,1-2H3,(H2,16,22)(H,17,18,19). The van der Waals surface area contributed by atoms with Gasteiger partial charge < -0.3 is 20.6 Å². The first-order valence-electron chi connectivity index (χ1n) is 7.41. The number of rotatable bonds is 5. The van der Waals surface area contributed by atoms with Crippen LogP contribution in [0.25, 0.3) is 0 Å². The highest BCUT2D eigenvalue weighted by Gasteiger charge is 2.35. The maximum absolute atomic E-state index is 11.9. The largest absolute Gasteiger partial charge is 0.464 e. The molecule has 1 atom stereocenters. The predicted molar refractivity (Wildman–Crippen MR) is 82.5 cm³/mol. The number of furan rings is 1. The summed E-state index contributed by atoms with van der Waals surface area (Å²) in [6.07, 6.45) is 1.12. The average molecular weight is 317 g/mol. The van der Waals surface area contributed by atoms with E-state index < -0.39 is 11.9 Å². The summed E-state index contributed by atoms with van der Waals surface area (Å²) in [6.45, 7) is 3.68. The maximum Gasteiger partial charge on any atom is 0.249 e. The fourth-order valence-corrected chi connectivity index (χ4v) is 2.72. The number of hydrogen-bond acceptors (Lipinski definition) is 6. The Hall–Kier alpha value is -2.61. The van der Waals surface area contributed by atoms with Crippen molar-refractivity contribution < 1.29 is 14.3 Å². The van der Waals surface area contributed by atoms with E-state index in [1.165, 1.54) is 0 Å². The van der Waals surface area contributed by atoms with Crippen molar-refractivity contribution in [1.29, 1.82) is 0 Å². The van der Waals surface area contributed by atoms with Gasteiger partial charge in [-0.1, -0.05) is 0 Å². The van der Waals surface area contributed by atoms with Gasteiger partial charge in [0.25, 0.3) is 0 Å². The molecule has 1 amide bonds. The predicted octanol–water partition coefficient (Wildman–Crippen LogP) is 0.879. The molecule has 1 aliphatic rings. The zero-order valence-electron chi connectivity index (χ0n) is 13.0. The summed E-state index contributed by atoms with van der Waals surface area (Å²) >= 11 is 0. The molecule has 122 valence electrons. The second-order valence-electron chi connectivity index (χ2n) is 5.50. The van der Waals surface area contributed by atoms with Crippen molar-refractivity contribution in [3.05, 3.63) is 40.7 Å². The third-order valence-electron chi connectivity index (χ3n) is 3.75. The Balaban J connectivity index is 2.09. The number of anilines is 1. The van der Waals surface area contributed by atoms with Crippen molar-refractivity contribution >= 4 is 11.9 Å². The van der Waals surface area contributed by atoms with Gasteiger partial charge in [-0.3, -0.25) is 4.79 Å². The number of hydrogen-bond donors (Lipinski definition) is 3. The van der Waals surface area contributed by atoms with Gasteiger partial charge in [-0.05, 0) is 32.4 Å². The second kappa shape index (κ2) is 5.88. The van der Waals surface area contributed by atoms with Crippen molar-refractivity contribution in [3.8, 4) is 0 Å². The van der Waals surface area contributed by atoms with Gasteiger partial charge >= 0.3 is 0 Å². The van der Waals surface area contributed by atoms with Gasteiger partial charge in [0.2, 0.25) is 11.9 Å². The molecular formula is C15H19N5O3. The number of carbonyl (C=O) groups is 1. The number of nitrogens with one attached hydrogen (secondary N) is 1. The topological polar surface area (TPSA) is 119 Å². The first-order chi connectivity index (χ1) is 11.0. The molecule has 4 N–H and O–H groups in total. The summed E-state index contributed by atoms with van der Waals surface area (Å²) in [6, 6.07) is 3.09. The third-order valence-corrected chi connectivity index (χ3v) is 3.75. The number of allylic oxidation sites excluding steroid dienone is 1. The van der Waals surface area contributed by atoms with Gasteiger partial charge in [0, 0.05) is 18.7 Å². The maximum atomic E-state index is 11.9. The number of amides is 1. The van der Waals surface area contributed by atoms with Gasteiger partial charge in [-0.15, -0.1) is 0 Å². The number of aryl methyl sites for hydroxylation is 2. The van der Waals surface area contributed by atoms with Crippen LogP contribution in [-0.4, -0.2) is 32.4 Å². The molecule has 3 rings (SSSR count). The fraction of sp³-hybridized carbons (Fsp3) is 0.400. The zero-order chi connectivity index (χ0) is 16.6. The zero-order valence-corrected chi connectivity index (χ0v) is 13.0. The third kappa shape index (κ3) is 2.72. The Kier molecular flexibility index (Phi) is 3.91. The van der Waals surface area contributed by atoms with E-state index in [1.807, 2.05) is 13.0 Å². The quantitative estimate of drug-likeness (QED) is 0.753. The summed E-state index contributed by atoms with van der Waals surface area (Å²) < 4.78 is 7.31. The van der Waals surface area contributed by atoms with Crippen molar-refractivity contribution in [3.63, 3.8) is 0 Å². The van der Waals surface area contributed by atoms with Gasteiger partial charge in [0.05, 0.1) is 5.57 Å². The molecule has 0 fully saturated rings. The van der Waals surface area contributed by atoms with Crippen molar-refractivity contribution in [2.24, 2.45) is 5.73 Å². The molecular weight excluding hydrogens is 298 g/mol. The van der Waals surface area contributed by atoms with Crippen LogP contribution in [0.15, 0.2) is 27.8 Å².